The molecule has 1 rings (SSSR count). The molecular formula is C17H22N4S. The van der Waals surface area contributed by atoms with Gasteiger partial charge in [-0.2, -0.15) is 10.5 Å². The van der Waals surface area contributed by atoms with Gasteiger partial charge in [0.15, 0.2) is 5.11 Å². The number of thiocarbonyl (C=S) groups is 1. The SMILES string of the molecule is CCc1cccc(CC)c1NC(=S)N(CCC#N)CCC#N. The van der Waals surface area contributed by atoms with Crippen molar-refractivity contribution < 1.29 is 0 Å². The molecule has 22 heavy (non-hydrogen) atoms. The molecule has 1 aromatic carbocycles. The fraction of sp³-hybridized carbons (Fsp3) is 0.471. The molecule has 0 unspecified atom stereocenters. The van der Waals surface area contributed by atoms with E-state index < -0.39 is 0 Å². The molecule has 4 nitrogen and oxygen atoms in total. The van der Waals surface area contributed by atoms with Crippen LogP contribution in [0.2, 0.25) is 0 Å². The van der Waals surface area contributed by atoms with Crippen molar-refractivity contribution in [3.8, 4) is 12.1 Å². The highest BCUT2D eigenvalue weighted by atomic mass is 32.1. The first-order chi connectivity index (χ1) is 10.7. The topological polar surface area (TPSA) is 62.9 Å². The van der Waals surface area contributed by atoms with Gasteiger partial charge in [-0.15, -0.1) is 0 Å². The fourth-order valence-corrected chi connectivity index (χ4v) is 2.56. The fourth-order valence-electron chi connectivity index (χ4n) is 2.27. The van der Waals surface area contributed by atoms with Crippen LogP contribution in [0.1, 0.15) is 37.8 Å². The Bertz CT molecular complexity index is 543. The molecule has 0 heterocycles. The number of aryl methyl sites for hydroxylation is 2. The Balaban J connectivity index is 2.93. The number of nitriles is 2. The Hall–Kier alpha value is -2.11. The third-order valence-electron chi connectivity index (χ3n) is 3.51. The number of benzene rings is 1. The average molecular weight is 314 g/mol. The lowest BCUT2D eigenvalue weighted by molar-refractivity contribution is 0.443. The number of nitrogens with zero attached hydrogens (tertiary/aromatic N) is 3. The summed E-state index contributed by atoms with van der Waals surface area (Å²) in [6.07, 6.45) is 2.64. The third kappa shape index (κ3) is 5.02. The third-order valence-corrected chi connectivity index (χ3v) is 3.87. The van der Waals surface area contributed by atoms with Gasteiger partial charge in [0, 0.05) is 18.8 Å². The molecule has 0 fully saturated rings. The van der Waals surface area contributed by atoms with Gasteiger partial charge in [-0.1, -0.05) is 32.0 Å². The zero-order valence-corrected chi connectivity index (χ0v) is 14.0. The predicted molar refractivity (Wildman–Crippen MR) is 93.5 cm³/mol. The van der Waals surface area contributed by atoms with E-state index in [4.69, 9.17) is 22.7 Å². The first kappa shape index (κ1) is 17.9. The number of hydrogen-bond acceptors (Lipinski definition) is 3. The van der Waals surface area contributed by atoms with Crippen LogP contribution in [0.25, 0.3) is 0 Å². The summed E-state index contributed by atoms with van der Waals surface area (Å²) in [7, 11) is 0. The van der Waals surface area contributed by atoms with Crippen LogP contribution in [-0.2, 0) is 12.8 Å². The van der Waals surface area contributed by atoms with E-state index in [2.05, 4.69) is 49.5 Å². The van der Waals surface area contributed by atoms with Gasteiger partial charge in [0.1, 0.15) is 0 Å². The van der Waals surface area contributed by atoms with E-state index in [0.717, 1.165) is 18.5 Å². The predicted octanol–water partition coefficient (Wildman–Crippen LogP) is 3.64. The number of nitrogens with one attached hydrogen (secondary N) is 1. The van der Waals surface area contributed by atoms with Gasteiger partial charge >= 0.3 is 0 Å². The number of para-hydroxylation sites is 1. The van der Waals surface area contributed by atoms with Crippen molar-refractivity contribution in [3.63, 3.8) is 0 Å². The van der Waals surface area contributed by atoms with E-state index in [0.29, 0.717) is 31.0 Å². The van der Waals surface area contributed by atoms with E-state index in [9.17, 15) is 0 Å². The molecule has 0 atom stereocenters. The van der Waals surface area contributed by atoms with Crippen molar-refractivity contribution in [2.75, 3.05) is 18.4 Å². The van der Waals surface area contributed by atoms with Crippen molar-refractivity contribution in [2.24, 2.45) is 0 Å². The molecule has 0 aliphatic heterocycles. The summed E-state index contributed by atoms with van der Waals surface area (Å²) in [6, 6.07) is 10.5. The van der Waals surface area contributed by atoms with Crippen LogP contribution in [0.15, 0.2) is 18.2 Å². The highest BCUT2D eigenvalue weighted by Crippen LogP contribution is 2.23. The van der Waals surface area contributed by atoms with Crippen molar-refractivity contribution in [1.82, 2.24) is 4.90 Å². The summed E-state index contributed by atoms with van der Waals surface area (Å²) in [5.74, 6) is 0. The summed E-state index contributed by atoms with van der Waals surface area (Å²) in [5.41, 5.74) is 3.51. The number of hydrogen-bond donors (Lipinski definition) is 1. The van der Waals surface area contributed by atoms with Crippen LogP contribution in [0, 0.1) is 22.7 Å². The van der Waals surface area contributed by atoms with Crippen molar-refractivity contribution in [1.29, 1.82) is 10.5 Å². The molecule has 1 aromatic rings. The monoisotopic (exact) mass is 314 g/mol. The van der Waals surface area contributed by atoms with Crippen LogP contribution in [0.5, 0.6) is 0 Å². The molecule has 0 radical (unpaired) electrons. The maximum absolute atomic E-state index is 8.77. The minimum absolute atomic E-state index is 0.392. The van der Waals surface area contributed by atoms with E-state index in [1.165, 1.54) is 11.1 Å². The van der Waals surface area contributed by atoms with Crippen LogP contribution in [0.3, 0.4) is 0 Å². The smallest absolute Gasteiger partial charge is 0.173 e. The number of rotatable bonds is 7. The first-order valence-corrected chi connectivity index (χ1v) is 7.99. The molecule has 0 amide bonds. The zero-order valence-electron chi connectivity index (χ0n) is 13.2. The standard InChI is InChI=1S/C17H22N4S/c1-3-14-8-5-9-15(4-2)16(14)20-17(22)21(12-6-10-18)13-7-11-19/h5,8-9H,3-4,6-7,12-13H2,1-2H3,(H,20,22). The Kier molecular flexibility index (Phi) is 7.96. The largest absolute Gasteiger partial charge is 0.347 e. The minimum atomic E-state index is 0.392. The zero-order chi connectivity index (χ0) is 16.4. The summed E-state index contributed by atoms with van der Waals surface area (Å²) >= 11 is 5.50. The lowest BCUT2D eigenvalue weighted by atomic mass is 10.0. The van der Waals surface area contributed by atoms with Crippen LogP contribution < -0.4 is 5.32 Å². The van der Waals surface area contributed by atoms with Crippen LogP contribution >= 0.6 is 12.2 Å². The second-order valence-corrected chi connectivity index (χ2v) is 5.28. The lowest BCUT2D eigenvalue weighted by Gasteiger charge is -2.26. The van der Waals surface area contributed by atoms with Gasteiger partial charge in [0.25, 0.3) is 0 Å². The van der Waals surface area contributed by atoms with Crippen LogP contribution in [0.4, 0.5) is 5.69 Å². The minimum Gasteiger partial charge on any atom is -0.347 e. The van der Waals surface area contributed by atoms with E-state index in [1.807, 2.05) is 4.90 Å². The number of anilines is 1. The summed E-state index contributed by atoms with van der Waals surface area (Å²) < 4.78 is 0. The van der Waals surface area contributed by atoms with Crippen molar-refractivity contribution >= 4 is 23.0 Å². The molecule has 5 heteroatoms. The molecule has 0 aliphatic carbocycles. The normalized spacial score (nSPS) is 9.64. The average Bonchev–Trinajstić information content (AvgIpc) is 2.55. The molecule has 0 bridgehead atoms. The van der Waals surface area contributed by atoms with Gasteiger partial charge < -0.3 is 10.2 Å². The summed E-state index contributed by atoms with van der Waals surface area (Å²) in [6.45, 7) is 5.32. The molecule has 0 saturated carbocycles. The molecule has 116 valence electrons. The molecule has 0 aliphatic rings. The second-order valence-electron chi connectivity index (χ2n) is 4.89. The highest BCUT2D eigenvalue weighted by Gasteiger charge is 2.13. The summed E-state index contributed by atoms with van der Waals surface area (Å²) in [4.78, 5) is 1.90. The molecule has 0 aromatic heterocycles. The van der Waals surface area contributed by atoms with Gasteiger partial charge in [0.2, 0.25) is 0 Å². The maximum atomic E-state index is 8.77. The van der Waals surface area contributed by atoms with E-state index in [-0.39, 0.29) is 0 Å². The Morgan fingerprint density at radius 2 is 1.59 bits per heavy atom. The first-order valence-electron chi connectivity index (χ1n) is 7.58. The lowest BCUT2D eigenvalue weighted by Crippen LogP contribution is -2.36. The highest BCUT2D eigenvalue weighted by molar-refractivity contribution is 7.80. The van der Waals surface area contributed by atoms with E-state index >= 15 is 0 Å². The van der Waals surface area contributed by atoms with Crippen LogP contribution in [-0.4, -0.2) is 23.1 Å². The quantitative estimate of drug-likeness (QED) is 0.779. The summed E-state index contributed by atoms with van der Waals surface area (Å²) in [5, 5.41) is 21.5. The Labute approximate surface area is 138 Å². The van der Waals surface area contributed by atoms with Gasteiger partial charge in [-0.25, -0.2) is 0 Å². The maximum Gasteiger partial charge on any atom is 0.173 e. The Morgan fingerprint density at radius 1 is 1.09 bits per heavy atom. The van der Waals surface area contributed by atoms with Crippen molar-refractivity contribution in [2.45, 2.75) is 39.5 Å². The van der Waals surface area contributed by atoms with Gasteiger partial charge in [-0.3, -0.25) is 0 Å². The Morgan fingerprint density at radius 3 is 2.00 bits per heavy atom. The molecule has 1 N–H and O–H groups in total. The van der Waals surface area contributed by atoms with Gasteiger partial charge in [0.05, 0.1) is 25.0 Å². The van der Waals surface area contributed by atoms with E-state index in [1.54, 1.807) is 0 Å². The van der Waals surface area contributed by atoms with Crippen molar-refractivity contribution in [3.05, 3.63) is 29.3 Å². The molecule has 0 spiro atoms. The van der Waals surface area contributed by atoms with Gasteiger partial charge in [-0.05, 0) is 36.2 Å². The second kappa shape index (κ2) is 9.76. The molecular weight excluding hydrogens is 292 g/mol. The molecule has 0 saturated heterocycles.